The number of amides is 3. The van der Waals surface area contributed by atoms with Crippen molar-refractivity contribution in [2.45, 2.75) is 12.5 Å². The standard InChI is InChI=1S/C20H17FN2O3/c1-2-12-22(19(25)15-10-6-7-11-16(15)21)17-13-18(24)23(20(17)26)14-8-4-3-5-9-14/h2-11,17H,1,12-13H2. The molecule has 0 radical (unpaired) electrons. The van der Waals surface area contributed by atoms with Crippen LogP contribution in [0.5, 0.6) is 0 Å². The molecule has 0 spiro atoms. The van der Waals surface area contributed by atoms with E-state index in [0.29, 0.717) is 5.69 Å². The third kappa shape index (κ3) is 3.13. The van der Waals surface area contributed by atoms with Gasteiger partial charge in [-0.15, -0.1) is 6.58 Å². The van der Waals surface area contributed by atoms with E-state index >= 15 is 0 Å². The van der Waals surface area contributed by atoms with E-state index in [9.17, 15) is 18.8 Å². The Bertz CT molecular complexity index is 866. The summed E-state index contributed by atoms with van der Waals surface area (Å²) in [5.74, 6) is -2.23. The molecule has 0 saturated carbocycles. The van der Waals surface area contributed by atoms with E-state index in [-0.39, 0.29) is 18.5 Å². The molecule has 2 aromatic carbocycles. The molecular weight excluding hydrogens is 335 g/mol. The van der Waals surface area contributed by atoms with Gasteiger partial charge in [-0.3, -0.25) is 14.4 Å². The first-order valence-corrected chi connectivity index (χ1v) is 8.13. The van der Waals surface area contributed by atoms with Gasteiger partial charge in [0.05, 0.1) is 17.7 Å². The van der Waals surface area contributed by atoms with Gasteiger partial charge in [-0.2, -0.15) is 0 Å². The highest BCUT2D eigenvalue weighted by Crippen LogP contribution is 2.26. The lowest BCUT2D eigenvalue weighted by molar-refractivity contribution is -0.122. The van der Waals surface area contributed by atoms with Crippen molar-refractivity contribution in [1.82, 2.24) is 4.90 Å². The molecule has 3 amide bonds. The van der Waals surface area contributed by atoms with Gasteiger partial charge >= 0.3 is 0 Å². The van der Waals surface area contributed by atoms with Gasteiger partial charge in [0.25, 0.3) is 11.8 Å². The number of para-hydroxylation sites is 1. The Morgan fingerprint density at radius 2 is 1.81 bits per heavy atom. The van der Waals surface area contributed by atoms with E-state index in [1.807, 2.05) is 0 Å². The molecule has 6 heteroatoms. The molecule has 1 unspecified atom stereocenters. The quantitative estimate of drug-likeness (QED) is 0.614. The largest absolute Gasteiger partial charge is 0.322 e. The van der Waals surface area contributed by atoms with Crippen LogP contribution >= 0.6 is 0 Å². The third-order valence-electron chi connectivity index (χ3n) is 4.20. The summed E-state index contributed by atoms with van der Waals surface area (Å²) in [7, 11) is 0. The number of nitrogens with zero attached hydrogens (tertiary/aromatic N) is 2. The Morgan fingerprint density at radius 1 is 1.15 bits per heavy atom. The van der Waals surface area contributed by atoms with Crippen molar-refractivity contribution in [3.05, 3.63) is 78.6 Å². The van der Waals surface area contributed by atoms with Crippen molar-refractivity contribution in [2.24, 2.45) is 0 Å². The average Bonchev–Trinajstić information content (AvgIpc) is 2.94. The summed E-state index contributed by atoms with van der Waals surface area (Å²) in [6.45, 7) is 3.62. The molecule has 0 N–H and O–H groups in total. The number of halogens is 1. The minimum atomic E-state index is -0.993. The van der Waals surface area contributed by atoms with Crippen LogP contribution in [-0.4, -0.2) is 35.2 Å². The summed E-state index contributed by atoms with van der Waals surface area (Å²) >= 11 is 0. The van der Waals surface area contributed by atoms with Crippen molar-refractivity contribution in [3.63, 3.8) is 0 Å². The van der Waals surface area contributed by atoms with Gasteiger partial charge in [0.15, 0.2) is 0 Å². The summed E-state index contributed by atoms with van der Waals surface area (Å²) in [6.07, 6.45) is 1.30. The minimum absolute atomic E-state index is 0.0273. The molecule has 1 saturated heterocycles. The minimum Gasteiger partial charge on any atom is -0.322 e. The number of carbonyl (C=O) groups excluding carboxylic acids is 3. The van der Waals surface area contributed by atoms with Gasteiger partial charge in [-0.05, 0) is 24.3 Å². The monoisotopic (exact) mass is 352 g/mol. The highest BCUT2D eigenvalue weighted by atomic mass is 19.1. The van der Waals surface area contributed by atoms with Crippen molar-refractivity contribution in [3.8, 4) is 0 Å². The maximum absolute atomic E-state index is 14.0. The first kappa shape index (κ1) is 17.5. The molecule has 1 aliphatic rings. The normalized spacial score (nSPS) is 16.7. The molecule has 5 nitrogen and oxygen atoms in total. The van der Waals surface area contributed by atoms with Crippen LogP contribution in [0.15, 0.2) is 67.3 Å². The average molecular weight is 352 g/mol. The zero-order valence-electron chi connectivity index (χ0n) is 14.0. The Morgan fingerprint density at radius 3 is 2.46 bits per heavy atom. The molecule has 3 rings (SSSR count). The van der Waals surface area contributed by atoms with Gasteiger partial charge < -0.3 is 4.90 Å². The van der Waals surface area contributed by atoms with Crippen molar-refractivity contribution in [1.29, 1.82) is 0 Å². The van der Waals surface area contributed by atoms with Crippen molar-refractivity contribution in [2.75, 3.05) is 11.4 Å². The molecule has 1 aliphatic heterocycles. The Labute approximate surface area is 150 Å². The maximum atomic E-state index is 14.0. The molecule has 2 aromatic rings. The highest BCUT2D eigenvalue weighted by molar-refractivity contribution is 6.23. The lowest BCUT2D eigenvalue weighted by atomic mass is 10.1. The van der Waals surface area contributed by atoms with Crippen molar-refractivity contribution < 1.29 is 18.8 Å². The van der Waals surface area contributed by atoms with Crippen LogP contribution in [0.25, 0.3) is 0 Å². The molecule has 26 heavy (non-hydrogen) atoms. The molecule has 0 aromatic heterocycles. The Hall–Kier alpha value is -3.28. The SMILES string of the molecule is C=CCN(C(=O)c1ccccc1F)C1CC(=O)N(c2ccccc2)C1=O. The second-order valence-corrected chi connectivity index (χ2v) is 5.85. The van der Waals surface area contributed by atoms with E-state index in [4.69, 9.17) is 0 Å². The lowest BCUT2D eigenvalue weighted by Crippen LogP contribution is -2.45. The zero-order valence-corrected chi connectivity index (χ0v) is 14.0. The number of hydrogen-bond donors (Lipinski definition) is 0. The summed E-state index contributed by atoms with van der Waals surface area (Å²) in [5, 5.41) is 0. The van der Waals surface area contributed by atoms with Gasteiger partial charge in [-0.1, -0.05) is 36.4 Å². The molecule has 1 heterocycles. The topological polar surface area (TPSA) is 57.7 Å². The number of benzene rings is 2. The fourth-order valence-electron chi connectivity index (χ4n) is 2.99. The van der Waals surface area contributed by atoms with Crippen LogP contribution in [0.4, 0.5) is 10.1 Å². The van der Waals surface area contributed by atoms with Crippen LogP contribution in [0.1, 0.15) is 16.8 Å². The van der Waals surface area contributed by atoms with Gasteiger partial charge in [0.2, 0.25) is 5.91 Å². The fraction of sp³-hybridized carbons (Fsp3) is 0.150. The maximum Gasteiger partial charge on any atom is 0.257 e. The summed E-state index contributed by atoms with van der Waals surface area (Å²) in [6, 6.07) is 13.1. The van der Waals surface area contributed by atoms with E-state index < -0.39 is 29.6 Å². The van der Waals surface area contributed by atoms with Gasteiger partial charge in [0.1, 0.15) is 11.9 Å². The number of imide groups is 1. The molecule has 132 valence electrons. The first-order chi connectivity index (χ1) is 12.5. The second-order valence-electron chi connectivity index (χ2n) is 5.85. The number of rotatable bonds is 5. The van der Waals surface area contributed by atoms with E-state index in [2.05, 4.69) is 6.58 Å². The van der Waals surface area contributed by atoms with Crippen LogP contribution in [-0.2, 0) is 9.59 Å². The van der Waals surface area contributed by atoms with E-state index in [1.165, 1.54) is 29.2 Å². The zero-order chi connectivity index (χ0) is 18.7. The smallest absolute Gasteiger partial charge is 0.257 e. The Balaban J connectivity index is 1.93. The summed E-state index contributed by atoms with van der Waals surface area (Å²) < 4.78 is 14.0. The molecule has 0 bridgehead atoms. The Kier molecular flexibility index (Phi) is 4.93. The predicted octanol–water partition coefficient (Wildman–Crippen LogP) is 2.79. The molecule has 1 fully saturated rings. The predicted molar refractivity (Wildman–Crippen MR) is 95.0 cm³/mol. The van der Waals surface area contributed by atoms with Crippen LogP contribution < -0.4 is 4.90 Å². The summed E-state index contributed by atoms with van der Waals surface area (Å²) in [5.41, 5.74) is 0.301. The highest BCUT2D eigenvalue weighted by Gasteiger charge is 2.44. The van der Waals surface area contributed by atoms with Gasteiger partial charge in [-0.25, -0.2) is 9.29 Å². The number of anilines is 1. The van der Waals surface area contributed by atoms with Crippen LogP contribution in [0, 0.1) is 5.82 Å². The van der Waals surface area contributed by atoms with Crippen molar-refractivity contribution >= 4 is 23.4 Å². The van der Waals surface area contributed by atoms with E-state index in [1.54, 1.807) is 36.4 Å². The van der Waals surface area contributed by atoms with Crippen LogP contribution in [0.3, 0.4) is 0 Å². The molecule has 1 atom stereocenters. The van der Waals surface area contributed by atoms with E-state index in [0.717, 1.165) is 4.90 Å². The first-order valence-electron chi connectivity index (χ1n) is 8.13. The fourth-order valence-corrected chi connectivity index (χ4v) is 2.99. The second kappa shape index (κ2) is 7.31. The third-order valence-corrected chi connectivity index (χ3v) is 4.20. The van der Waals surface area contributed by atoms with Crippen LogP contribution in [0.2, 0.25) is 0 Å². The summed E-state index contributed by atoms with van der Waals surface area (Å²) in [4.78, 5) is 40.3. The molecule has 0 aliphatic carbocycles. The lowest BCUT2D eigenvalue weighted by Gasteiger charge is -2.26. The number of carbonyl (C=O) groups is 3. The molecular formula is C20H17FN2O3. The van der Waals surface area contributed by atoms with Gasteiger partial charge in [0, 0.05) is 6.54 Å². The number of hydrogen-bond acceptors (Lipinski definition) is 3.